The summed E-state index contributed by atoms with van der Waals surface area (Å²) in [4.78, 5) is 0.0336. The SMILES string of the molecule is CC1CCC(C(F)F)C(Br)C1. The molecule has 1 rings (SSSR count). The average Bonchev–Trinajstić information content (AvgIpc) is 1.85. The first-order valence-corrected chi connectivity index (χ1v) is 4.95. The van der Waals surface area contributed by atoms with Crippen LogP contribution < -0.4 is 0 Å². The molecule has 0 spiro atoms. The Kier molecular flexibility index (Phi) is 3.29. The summed E-state index contributed by atoms with van der Waals surface area (Å²) in [5.41, 5.74) is 0. The van der Waals surface area contributed by atoms with Gasteiger partial charge in [0, 0.05) is 10.7 Å². The van der Waals surface area contributed by atoms with Crippen molar-refractivity contribution in [3.63, 3.8) is 0 Å². The van der Waals surface area contributed by atoms with Crippen molar-refractivity contribution >= 4 is 15.9 Å². The molecule has 0 aromatic rings. The molecule has 3 atom stereocenters. The molecule has 0 aromatic carbocycles. The van der Waals surface area contributed by atoms with Gasteiger partial charge in [0.2, 0.25) is 6.43 Å². The standard InChI is InChI=1S/C8H13BrF2/c1-5-2-3-6(8(10)11)7(9)4-5/h5-8H,2-4H2,1H3. The summed E-state index contributed by atoms with van der Waals surface area (Å²) in [5.74, 6) is 0.195. The van der Waals surface area contributed by atoms with E-state index in [1.54, 1.807) is 0 Å². The second kappa shape index (κ2) is 3.83. The zero-order valence-corrected chi connectivity index (χ0v) is 8.15. The van der Waals surface area contributed by atoms with Crippen LogP contribution in [0.5, 0.6) is 0 Å². The lowest BCUT2D eigenvalue weighted by Gasteiger charge is -2.30. The first kappa shape index (κ1) is 9.43. The fourth-order valence-corrected chi connectivity index (χ4v) is 2.75. The molecule has 0 nitrogen and oxygen atoms in total. The van der Waals surface area contributed by atoms with Gasteiger partial charge in [0.1, 0.15) is 0 Å². The summed E-state index contributed by atoms with van der Waals surface area (Å²) in [6.07, 6.45) is 0.382. The Morgan fingerprint density at radius 1 is 1.36 bits per heavy atom. The largest absolute Gasteiger partial charge is 0.242 e. The number of halogens is 3. The molecule has 66 valence electrons. The third kappa shape index (κ3) is 2.39. The molecule has 1 fully saturated rings. The van der Waals surface area contributed by atoms with Gasteiger partial charge in [-0.25, -0.2) is 8.78 Å². The van der Waals surface area contributed by atoms with E-state index in [1.165, 1.54) is 0 Å². The fourth-order valence-electron chi connectivity index (χ4n) is 1.62. The molecule has 1 aliphatic carbocycles. The van der Waals surface area contributed by atoms with Crippen molar-refractivity contribution in [2.45, 2.75) is 37.4 Å². The summed E-state index contributed by atoms with van der Waals surface area (Å²) in [5, 5.41) is 0. The highest BCUT2D eigenvalue weighted by molar-refractivity contribution is 9.09. The van der Waals surface area contributed by atoms with E-state index >= 15 is 0 Å². The van der Waals surface area contributed by atoms with Crippen LogP contribution in [0.4, 0.5) is 8.78 Å². The van der Waals surface area contributed by atoms with Crippen molar-refractivity contribution in [3.8, 4) is 0 Å². The molecule has 0 aliphatic heterocycles. The van der Waals surface area contributed by atoms with E-state index in [0.29, 0.717) is 12.3 Å². The van der Waals surface area contributed by atoms with E-state index in [9.17, 15) is 8.78 Å². The summed E-state index contributed by atoms with van der Waals surface area (Å²) < 4.78 is 24.5. The average molecular weight is 227 g/mol. The maximum Gasteiger partial charge on any atom is 0.242 e. The van der Waals surface area contributed by atoms with Gasteiger partial charge >= 0.3 is 0 Å². The zero-order valence-electron chi connectivity index (χ0n) is 6.56. The van der Waals surface area contributed by atoms with E-state index < -0.39 is 12.3 Å². The van der Waals surface area contributed by atoms with Gasteiger partial charge in [0.25, 0.3) is 0 Å². The smallest absolute Gasteiger partial charge is 0.210 e. The van der Waals surface area contributed by atoms with Crippen molar-refractivity contribution in [2.75, 3.05) is 0 Å². The lowest BCUT2D eigenvalue weighted by molar-refractivity contribution is 0.0538. The highest BCUT2D eigenvalue weighted by Crippen LogP contribution is 2.36. The Morgan fingerprint density at radius 2 is 2.00 bits per heavy atom. The lowest BCUT2D eigenvalue weighted by Crippen LogP contribution is -2.29. The Morgan fingerprint density at radius 3 is 2.45 bits per heavy atom. The first-order valence-electron chi connectivity index (χ1n) is 4.03. The van der Waals surface area contributed by atoms with Gasteiger partial charge in [-0.05, 0) is 18.8 Å². The summed E-state index contributed by atoms with van der Waals surface area (Å²) in [6, 6.07) is 0. The van der Waals surface area contributed by atoms with Crippen molar-refractivity contribution in [1.82, 2.24) is 0 Å². The molecule has 0 bridgehead atoms. The van der Waals surface area contributed by atoms with Crippen molar-refractivity contribution in [1.29, 1.82) is 0 Å². The third-order valence-corrected chi connectivity index (χ3v) is 3.46. The maximum absolute atomic E-state index is 12.3. The van der Waals surface area contributed by atoms with Gasteiger partial charge < -0.3 is 0 Å². The number of alkyl halides is 3. The Hall–Kier alpha value is 0.340. The molecule has 3 heteroatoms. The topological polar surface area (TPSA) is 0 Å². The number of rotatable bonds is 1. The normalized spacial score (nSPS) is 39.5. The monoisotopic (exact) mass is 226 g/mol. The van der Waals surface area contributed by atoms with Crippen LogP contribution in [0, 0.1) is 11.8 Å². The van der Waals surface area contributed by atoms with Gasteiger partial charge in [-0.15, -0.1) is 0 Å². The maximum atomic E-state index is 12.3. The quantitative estimate of drug-likeness (QED) is 0.602. The van der Waals surface area contributed by atoms with E-state index in [1.807, 2.05) is 0 Å². The van der Waals surface area contributed by atoms with Crippen LogP contribution in [-0.4, -0.2) is 11.3 Å². The number of hydrogen-bond acceptors (Lipinski definition) is 0. The van der Waals surface area contributed by atoms with Crippen molar-refractivity contribution in [2.24, 2.45) is 11.8 Å². The predicted molar refractivity (Wildman–Crippen MR) is 45.2 cm³/mol. The molecule has 11 heavy (non-hydrogen) atoms. The Labute approximate surface area is 74.5 Å². The van der Waals surface area contributed by atoms with E-state index in [4.69, 9.17) is 0 Å². The van der Waals surface area contributed by atoms with Crippen molar-refractivity contribution < 1.29 is 8.78 Å². The first-order chi connectivity index (χ1) is 5.11. The van der Waals surface area contributed by atoms with Crippen LogP contribution in [0.2, 0.25) is 0 Å². The highest BCUT2D eigenvalue weighted by atomic mass is 79.9. The molecule has 0 aromatic heterocycles. The molecular formula is C8H13BrF2. The van der Waals surface area contributed by atoms with Crippen molar-refractivity contribution in [3.05, 3.63) is 0 Å². The lowest BCUT2D eigenvalue weighted by atomic mass is 9.83. The highest BCUT2D eigenvalue weighted by Gasteiger charge is 2.32. The molecular weight excluding hydrogens is 214 g/mol. The minimum Gasteiger partial charge on any atom is -0.210 e. The van der Waals surface area contributed by atoms with Gasteiger partial charge in [-0.2, -0.15) is 0 Å². The molecule has 1 aliphatic rings. The number of hydrogen-bond donors (Lipinski definition) is 0. The summed E-state index contributed by atoms with van der Waals surface area (Å²) in [7, 11) is 0. The van der Waals surface area contributed by atoms with Gasteiger partial charge in [0.15, 0.2) is 0 Å². The van der Waals surface area contributed by atoms with Gasteiger partial charge in [-0.3, -0.25) is 0 Å². The van der Waals surface area contributed by atoms with E-state index in [2.05, 4.69) is 22.9 Å². The molecule has 0 N–H and O–H groups in total. The Bertz CT molecular complexity index is 127. The van der Waals surface area contributed by atoms with Crippen LogP contribution >= 0.6 is 15.9 Å². The molecule has 0 radical (unpaired) electrons. The zero-order chi connectivity index (χ0) is 8.43. The van der Waals surface area contributed by atoms with Crippen LogP contribution in [0.1, 0.15) is 26.2 Å². The second-order valence-corrected chi connectivity index (χ2v) is 4.61. The van der Waals surface area contributed by atoms with E-state index in [-0.39, 0.29) is 4.83 Å². The summed E-state index contributed by atoms with van der Waals surface area (Å²) in [6.45, 7) is 2.12. The Balaban J connectivity index is 2.44. The fraction of sp³-hybridized carbons (Fsp3) is 1.00. The van der Waals surface area contributed by atoms with Crippen LogP contribution in [0.3, 0.4) is 0 Å². The summed E-state index contributed by atoms with van der Waals surface area (Å²) >= 11 is 3.32. The van der Waals surface area contributed by atoms with Gasteiger partial charge in [0.05, 0.1) is 0 Å². The third-order valence-electron chi connectivity index (χ3n) is 2.41. The van der Waals surface area contributed by atoms with Gasteiger partial charge in [-0.1, -0.05) is 29.3 Å². The minimum absolute atomic E-state index is 0.0336. The van der Waals surface area contributed by atoms with Crippen LogP contribution in [-0.2, 0) is 0 Å². The van der Waals surface area contributed by atoms with Crippen LogP contribution in [0.15, 0.2) is 0 Å². The molecule has 0 saturated heterocycles. The van der Waals surface area contributed by atoms with Crippen LogP contribution in [0.25, 0.3) is 0 Å². The molecule has 3 unspecified atom stereocenters. The predicted octanol–water partition coefficient (Wildman–Crippen LogP) is 3.45. The molecule has 1 saturated carbocycles. The second-order valence-electron chi connectivity index (χ2n) is 3.43. The minimum atomic E-state index is -2.15. The van der Waals surface area contributed by atoms with E-state index in [0.717, 1.165) is 12.8 Å². The molecule has 0 amide bonds. The molecule has 0 heterocycles.